The minimum Gasteiger partial charge on any atom is -0.462 e. The number of aryl methyl sites for hydroxylation is 1. The van der Waals surface area contributed by atoms with Gasteiger partial charge in [0.15, 0.2) is 0 Å². The van der Waals surface area contributed by atoms with Crippen molar-refractivity contribution in [3.63, 3.8) is 0 Å². The summed E-state index contributed by atoms with van der Waals surface area (Å²) in [6, 6.07) is 0. The number of amides is 1. The van der Waals surface area contributed by atoms with Crippen molar-refractivity contribution in [1.82, 2.24) is 0 Å². The first kappa shape index (κ1) is 18.3. The van der Waals surface area contributed by atoms with E-state index in [0.717, 1.165) is 16.9 Å². The van der Waals surface area contributed by atoms with Crippen LogP contribution in [0.25, 0.3) is 0 Å². The van der Waals surface area contributed by atoms with Crippen molar-refractivity contribution in [3.05, 3.63) is 16.0 Å². The molecule has 1 aliphatic carbocycles. The first-order chi connectivity index (χ1) is 11.1. The molecule has 0 aromatic carbocycles. The fourth-order valence-corrected chi connectivity index (χ4v) is 5.12. The zero-order valence-electron chi connectivity index (χ0n) is 14.1. The highest BCUT2D eigenvalue weighted by molar-refractivity contribution is 8.00. The SMILES string of the molecule is CCOC(=O)c1c(NC(=O)CSC2CCCC2)sc(CC)c1C. The Morgan fingerprint density at radius 1 is 1.30 bits per heavy atom. The van der Waals surface area contributed by atoms with Crippen LogP contribution < -0.4 is 5.32 Å². The third-order valence-corrected chi connectivity index (χ3v) is 6.77. The van der Waals surface area contributed by atoms with Crippen molar-refractivity contribution < 1.29 is 14.3 Å². The molecular formula is C17H25NO3S2. The Bertz CT molecular complexity index is 562. The summed E-state index contributed by atoms with van der Waals surface area (Å²) in [4.78, 5) is 25.5. The quantitative estimate of drug-likeness (QED) is 0.736. The lowest BCUT2D eigenvalue weighted by molar-refractivity contribution is -0.113. The first-order valence-electron chi connectivity index (χ1n) is 8.27. The number of thiophene rings is 1. The Morgan fingerprint density at radius 3 is 2.61 bits per heavy atom. The van der Waals surface area contributed by atoms with Crippen molar-refractivity contribution in [2.45, 2.75) is 58.1 Å². The van der Waals surface area contributed by atoms with Gasteiger partial charge in [-0.25, -0.2) is 4.79 Å². The van der Waals surface area contributed by atoms with E-state index in [1.807, 2.05) is 6.92 Å². The number of carbonyl (C=O) groups excluding carboxylic acids is 2. The fourth-order valence-electron chi connectivity index (χ4n) is 2.85. The summed E-state index contributed by atoms with van der Waals surface area (Å²) in [5.74, 6) is 0.0711. The highest BCUT2D eigenvalue weighted by atomic mass is 32.2. The number of anilines is 1. The molecule has 1 aliphatic rings. The van der Waals surface area contributed by atoms with E-state index < -0.39 is 0 Å². The summed E-state index contributed by atoms with van der Waals surface area (Å²) in [5.41, 5.74) is 1.45. The standard InChI is InChI=1S/C17H25NO3S2/c1-4-13-11(3)15(17(20)21-5-2)16(23-13)18-14(19)10-22-12-8-6-7-9-12/h12H,4-10H2,1-3H3,(H,18,19). The summed E-state index contributed by atoms with van der Waals surface area (Å²) < 4.78 is 5.14. The van der Waals surface area contributed by atoms with Crippen LogP contribution in [0.2, 0.25) is 0 Å². The maximum Gasteiger partial charge on any atom is 0.341 e. The number of hydrogen-bond donors (Lipinski definition) is 1. The second-order valence-electron chi connectivity index (χ2n) is 5.69. The summed E-state index contributed by atoms with van der Waals surface area (Å²) in [6.45, 7) is 6.09. The van der Waals surface area contributed by atoms with Gasteiger partial charge in [-0.15, -0.1) is 23.1 Å². The molecule has 1 heterocycles. The van der Waals surface area contributed by atoms with E-state index in [1.165, 1.54) is 37.0 Å². The minimum atomic E-state index is -0.348. The maximum atomic E-state index is 12.2. The average Bonchev–Trinajstić information content (AvgIpc) is 3.13. The average molecular weight is 356 g/mol. The number of hydrogen-bond acceptors (Lipinski definition) is 5. The number of carbonyl (C=O) groups is 2. The van der Waals surface area contributed by atoms with Crippen molar-refractivity contribution in [3.8, 4) is 0 Å². The molecule has 0 atom stereocenters. The normalized spacial score (nSPS) is 14.9. The zero-order valence-corrected chi connectivity index (χ0v) is 15.7. The topological polar surface area (TPSA) is 55.4 Å². The Balaban J connectivity index is 2.05. The van der Waals surface area contributed by atoms with Crippen LogP contribution in [0.4, 0.5) is 5.00 Å². The van der Waals surface area contributed by atoms with E-state index in [9.17, 15) is 9.59 Å². The molecule has 2 rings (SSSR count). The summed E-state index contributed by atoms with van der Waals surface area (Å²) >= 11 is 3.21. The van der Waals surface area contributed by atoms with Gasteiger partial charge in [-0.05, 0) is 38.7 Å². The molecule has 128 valence electrons. The van der Waals surface area contributed by atoms with E-state index in [4.69, 9.17) is 4.74 Å². The molecule has 0 unspecified atom stereocenters. The molecule has 0 radical (unpaired) electrons. The monoisotopic (exact) mass is 355 g/mol. The highest BCUT2D eigenvalue weighted by Crippen LogP contribution is 2.34. The van der Waals surface area contributed by atoms with Crippen molar-refractivity contribution >= 4 is 40.0 Å². The lowest BCUT2D eigenvalue weighted by Gasteiger charge is -2.09. The third kappa shape index (κ3) is 4.73. The molecule has 6 heteroatoms. The van der Waals surface area contributed by atoms with Gasteiger partial charge in [0.2, 0.25) is 5.91 Å². The molecule has 23 heavy (non-hydrogen) atoms. The van der Waals surface area contributed by atoms with Gasteiger partial charge < -0.3 is 10.1 Å². The van der Waals surface area contributed by atoms with Crippen LogP contribution in [0, 0.1) is 6.92 Å². The first-order valence-corrected chi connectivity index (χ1v) is 10.1. The highest BCUT2D eigenvalue weighted by Gasteiger charge is 2.23. The van der Waals surface area contributed by atoms with Crippen LogP contribution in [0.15, 0.2) is 0 Å². The largest absolute Gasteiger partial charge is 0.462 e. The predicted molar refractivity (Wildman–Crippen MR) is 97.7 cm³/mol. The smallest absolute Gasteiger partial charge is 0.341 e. The van der Waals surface area contributed by atoms with Crippen LogP contribution in [-0.4, -0.2) is 29.5 Å². The van der Waals surface area contributed by atoms with Gasteiger partial charge in [-0.2, -0.15) is 0 Å². The number of ether oxygens (including phenoxy) is 1. The Hall–Kier alpha value is -1.01. The molecular weight excluding hydrogens is 330 g/mol. The molecule has 0 spiro atoms. The predicted octanol–water partition coefficient (Wildman–Crippen LogP) is 4.41. The van der Waals surface area contributed by atoms with Gasteiger partial charge in [0.1, 0.15) is 5.00 Å². The second kappa shape index (κ2) is 8.73. The van der Waals surface area contributed by atoms with Gasteiger partial charge in [0.05, 0.1) is 17.9 Å². The molecule has 1 amide bonds. The van der Waals surface area contributed by atoms with Gasteiger partial charge in [-0.1, -0.05) is 19.8 Å². The van der Waals surface area contributed by atoms with E-state index in [0.29, 0.717) is 28.2 Å². The molecule has 0 saturated heterocycles. The Kier molecular flexibility index (Phi) is 6.96. The van der Waals surface area contributed by atoms with Crippen LogP contribution >= 0.6 is 23.1 Å². The van der Waals surface area contributed by atoms with Crippen LogP contribution in [-0.2, 0) is 16.0 Å². The fraction of sp³-hybridized carbons (Fsp3) is 0.647. The molecule has 1 fully saturated rings. The molecule has 1 N–H and O–H groups in total. The second-order valence-corrected chi connectivity index (χ2v) is 8.09. The van der Waals surface area contributed by atoms with E-state index in [-0.39, 0.29) is 11.9 Å². The minimum absolute atomic E-state index is 0.0312. The van der Waals surface area contributed by atoms with Crippen LogP contribution in [0.1, 0.15) is 60.3 Å². The van der Waals surface area contributed by atoms with E-state index in [1.54, 1.807) is 18.7 Å². The van der Waals surface area contributed by atoms with Crippen molar-refractivity contribution in [1.29, 1.82) is 0 Å². The van der Waals surface area contributed by atoms with Gasteiger partial charge in [0, 0.05) is 10.1 Å². The molecule has 1 aromatic heterocycles. The van der Waals surface area contributed by atoms with Crippen molar-refractivity contribution in [2.24, 2.45) is 0 Å². The summed E-state index contributed by atoms with van der Waals surface area (Å²) in [6.07, 6.45) is 5.82. The van der Waals surface area contributed by atoms with E-state index >= 15 is 0 Å². The summed E-state index contributed by atoms with van der Waals surface area (Å²) in [7, 11) is 0. The van der Waals surface area contributed by atoms with Crippen molar-refractivity contribution in [2.75, 3.05) is 17.7 Å². The number of nitrogens with one attached hydrogen (secondary N) is 1. The molecule has 4 nitrogen and oxygen atoms in total. The Labute approximate surface area is 146 Å². The van der Waals surface area contributed by atoms with Crippen LogP contribution in [0.5, 0.6) is 0 Å². The number of esters is 1. The molecule has 0 aliphatic heterocycles. The molecule has 0 bridgehead atoms. The number of thioether (sulfide) groups is 1. The van der Waals surface area contributed by atoms with Gasteiger partial charge in [0.25, 0.3) is 0 Å². The third-order valence-electron chi connectivity index (χ3n) is 4.05. The van der Waals surface area contributed by atoms with Gasteiger partial charge >= 0.3 is 5.97 Å². The molecule has 1 aromatic rings. The van der Waals surface area contributed by atoms with Gasteiger partial charge in [-0.3, -0.25) is 4.79 Å². The Morgan fingerprint density at radius 2 is 2.00 bits per heavy atom. The maximum absolute atomic E-state index is 12.2. The lowest BCUT2D eigenvalue weighted by atomic mass is 10.1. The lowest BCUT2D eigenvalue weighted by Crippen LogP contribution is -2.17. The van der Waals surface area contributed by atoms with Crippen LogP contribution in [0.3, 0.4) is 0 Å². The number of rotatable bonds is 7. The zero-order chi connectivity index (χ0) is 16.8. The molecule has 1 saturated carbocycles. The summed E-state index contributed by atoms with van der Waals surface area (Å²) in [5, 5.41) is 4.17. The van der Waals surface area contributed by atoms with E-state index in [2.05, 4.69) is 12.2 Å².